The van der Waals surface area contributed by atoms with Gasteiger partial charge in [-0.2, -0.15) is 13.2 Å². The Bertz CT molecular complexity index is 964. The normalized spacial score (nSPS) is 16.4. The number of hydrogen-bond acceptors (Lipinski definition) is 6. The number of amides is 2. The van der Waals surface area contributed by atoms with Crippen molar-refractivity contribution >= 4 is 40.1 Å². The molecule has 1 aromatic heterocycles. The number of nitrogen functional groups attached to an aromatic ring is 2. The minimum atomic E-state index is -5.08. The molecule has 9 nitrogen and oxygen atoms in total. The van der Waals surface area contributed by atoms with E-state index in [1.165, 1.54) is 0 Å². The second kappa shape index (κ2) is 8.20. The van der Waals surface area contributed by atoms with Gasteiger partial charge in [-0.15, -0.1) is 0 Å². The molecule has 2 aromatic rings. The predicted octanol–water partition coefficient (Wildman–Crippen LogP) is 0.866. The number of carboxylic acids is 1. The summed E-state index contributed by atoms with van der Waals surface area (Å²) in [6.07, 6.45) is -3.01. The van der Waals surface area contributed by atoms with Crippen molar-refractivity contribution in [2.45, 2.75) is 19.1 Å². The molecule has 0 bridgehead atoms. The van der Waals surface area contributed by atoms with Crippen LogP contribution in [0.25, 0.3) is 10.8 Å². The lowest BCUT2D eigenvalue weighted by Gasteiger charge is -2.18. The average molecular weight is 413 g/mol. The fourth-order valence-electron chi connectivity index (χ4n) is 2.81. The lowest BCUT2D eigenvalue weighted by atomic mass is 10.1. The zero-order valence-electron chi connectivity index (χ0n) is 14.9. The molecule has 12 heteroatoms. The fourth-order valence-corrected chi connectivity index (χ4v) is 2.81. The maximum absolute atomic E-state index is 12.1. The van der Waals surface area contributed by atoms with Gasteiger partial charge in [0.2, 0.25) is 11.8 Å². The van der Waals surface area contributed by atoms with Crippen LogP contribution in [0.15, 0.2) is 24.4 Å². The average Bonchev–Trinajstić information content (AvgIpc) is 2.97. The van der Waals surface area contributed by atoms with E-state index in [0.29, 0.717) is 31.0 Å². The number of nitrogens with two attached hydrogens (primary N) is 3. The molecule has 7 N–H and O–H groups in total. The van der Waals surface area contributed by atoms with Crippen molar-refractivity contribution < 1.29 is 32.7 Å². The van der Waals surface area contributed by atoms with Gasteiger partial charge in [0.15, 0.2) is 0 Å². The summed E-state index contributed by atoms with van der Waals surface area (Å²) >= 11 is 0. The summed E-state index contributed by atoms with van der Waals surface area (Å²) < 4.78 is 31.7. The summed E-state index contributed by atoms with van der Waals surface area (Å²) in [5.74, 6) is -3.89. The predicted molar refractivity (Wildman–Crippen MR) is 97.0 cm³/mol. The van der Waals surface area contributed by atoms with Crippen molar-refractivity contribution in [2.24, 2.45) is 11.7 Å². The first-order chi connectivity index (χ1) is 13.4. The Morgan fingerprint density at radius 1 is 1.28 bits per heavy atom. The van der Waals surface area contributed by atoms with Gasteiger partial charge in [0.25, 0.3) is 0 Å². The van der Waals surface area contributed by atoms with Crippen LogP contribution in [-0.4, -0.2) is 45.5 Å². The van der Waals surface area contributed by atoms with Gasteiger partial charge < -0.3 is 27.2 Å². The van der Waals surface area contributed by atoms with Crippen LogP contribution in [0.2, 0.25) is 0 Å². The summed E-state index contributed by atoms with van der Waals surface area (Å²) in [5.41, 5.74) is 18.5. The second-order valence-electron chi connectivity index (χ2n) is 6.27. The third kappa shape index (κ3) is 5.03. The molecular weight excluding hydrogens is 395 g/mol. The van der Waals surface area contributed by atoms with Gasteiger partial charge >= 0.3 is 12.1 Å². The maximum Gasteiger partial charge on any atom is 0.490 e. The van der Waals surface area contributed by atoms with Crippen molar-refractivity contribution in [3.8, 4) is 0 Å². The van der Waals surface area contributed by atoms with E-state index in [1.807, 2.05) is 18.2 Å². The molecule has 3 rings (SSSR count). The van der Waals surface area contributed by atoms with Crippen LogP contribution >= 0.6 is 0 Å². The number of fused-ring (bicyclic) bond motifs is 1. The van der Waals surface area contributed by atoms with E-state index < -0.39 is 24.0 Å². The smallest absolute Gasteiger partial charge is 0.475 e. The number of halogens is 3. The SMILES string of the molecule is NC(=O)C1CCN(Cc2cc3c(N)nccc3cc2N)C1=O.O=C(O)C(F)(F)F. The van der Waals surface area contributed by atoms with Crippen LogP contribution in [0.3, 0.4) is 0 Å². The monoisotopic (exact) mass is 413 g/mol. The fraction of sp³-hybridized carbons (Fsp3) is 0.294. The number of carbonyl (C=O) groups is 3. The summed E-state index contributed by atoms with van der Waals surface area (Å²) in [5, 5.41) is 8.82. The molecule has 2 amide bonds. The lowest BCUT2D eigenvalue weighted by molar-refractivity contribution is -0.192. The summed E-state index contributed by atoms with van der Waals surface area (Å²) in [6, 6.07) is 5.49. The number of aliphatic carboxylic acids is 1. The van der Waals surface area contributed by atoms with Crippen LogP contribution in [0.5, 0.6) is 0 Å². The largest absolute Gasteiger partial charge is 0.490 e. The van der Waals surface area contributed by atoms with Crippen molar-refractivity contribution in [3.05, 3.63) is 30.0 Å². The molecule has 1 atom stereocenters. The molecule has 1 aliphatic heterocycles. The quantitative estimate of drug-likeness (QED) is 0.428. The Labute approximate surface area is 162 Å². The Hall–Kier alpha value is -3.57. The number of hydrogen-bond donors (Lipinski definition) is 4. The molecule has 1 saturated heterocycles. The van der Waals surface area contributed by atoms with Crippen molar-refractivity contribution in [1.82, 2.24) is 9.88 Å². The molecule has 1 aromatic carbocycles. The first kappa shape index (κ1) is 21.7. The van der Waals surface area contributed by atoms with E-state index in [0.717, 1.165) is 16.3 Å². The number of likely N-dealkylation sites (tertiary alicyclic amines) is 1. The van der Waals surface area contributed by atoms with Crippen LogP contribution in [0, 0.1) is 5.92 Å². The van der Waals surface area contributed by atoms with Crippen LogP contribution in [0.4, 0.5) is 24.7 Å². The van der Waals surface area contributed by atoms with Gasteiger partial charge in [0, 0.05) is 30.4 Å². The van der Waals surface area contributed by atoms with E-state index in [2.05, 4.69) is 4.98 Å². The number of benzene rings is 1. The van der Waals surface area contributed by atoms with Crippen molar-refractivity contribution in [1.29, 1.82) is 0 Å². The number of anilines is 2. The lowest BCUT2D eigenvalue weighted by Crippen LogP contribution is -2.33. The first-order valence-electron chi connectivity index (χ1n) is 8.22. The van der Waals surface area contributed by atoms with E-state index >= 15 is 0 Å². The molecular formula is C17H18F3N5O4. The molecule has 1 fully saturated rings. The number of carboxylic acid groups (broad SMARTS) is 1. The number of nitrogens with zero attached hydrogens (tertiary/aromatic N) is 2. The summed E-state index contributed by atoms with van der Waals surface area (Å²) in [7, 11) is 0. The number of carbonyl (C=O) groups excluding carboxylic acids is 2. The highest BCUT2D eigenvalue weighted by Crippen LogP contribution is 2.28. The van der Waals surface area contributed by atoms with E-state index in [9.17, 15) is 22.8 Å². The van der Waals surface area contributed by atoms with E-state index in [4.69, 9.17) is 27.1 Å². The first-order valence-corrected chi connectivity index (χ1v) is 8.22. The number of pyridine rings is 1. The summed E-state index contributed by atoms with van der Waals surface area (Å²) in [6.45, 7) is 0.825. The van der Waals surface area contributed by atoms with Crippen molar-refractivity contribution in [2.75, 3.05) is 18.0 Å². The van der Waals surface area contributed by atoms with Crippen LogP contribution in [-0.2, 0) is 20.9 Å². The second-order valence-corrected chi connectivity index (χ2v) is 6.27. The number of rotatable bonds is 3. The standard InChI is InChI=1S/C15H17N5O2.C2HF3O2/c16-12-6-8-1-3-19-13(17)11(8)5-9(12)7-20-4-2-10(14(18)21)15(20)22;3-2(4,5)1(6)7/h1,3,5-6,10H,2,4,7,16H2,(H2,17,19)(H2,18,21);(H,6,7). The zero-order valence-corrected chi connectivity index (χ0v) is 14.9. The third-order valence-corrected chi connectivity index (χ3v) is 4.30. The number of aromatic nitrogens is 1. The molecule has 0 aliphatic carbocycles. The highest BCUT2D eigenvalue weighted by Gasteiger charge is 2.38. The van der Waals surface area contributed by atoms with Gasteiger partial charge in [-0.25, -0.2) is 9.78 Å². The minimum Gasteiger partial charge on any atom is -0.475 e. The molecule has 0 spiro atoms. The molecule has 1 aliphatic rings. The Balaban J connectivity index is 0.000000370. The maximum atomic E-state index is 12.1. The van der Waals surface area contributed by atoms with Gasteiger partial charge in [0.05, 0.1) is 0 Å². The van der Waals surface area contributed by atoms with Gasteiger partial charge in [0.1, 0.15) is 11.7 Å². The van der Waals surface area contributed by atoms with Gasteiger partial charge in [-0.1, -0.05) is 0 Å². The summed E-state index contributed by atoms with van der Waals surface area (Å²) in [4.78, 5) is 37.9. The zero-order chi connectivity index (χ0) is 21.9. The van der Waals surface area contributed by atoms with Gasteiger partial charge in [-0.05, 0) is 35.6 Å². The van der Waals surface area contributed by atoms with E-state index in [-0.39, 0.29) is 5.91 Å². The van der Waals surface area contributed by atoms with E-state index in [1.54, 1.807) is 11.1 Å². The highest BCUT2D eigenvalue weighted by atomic mass is 19.4. The Morgan fingerprint density at radius 3 is 2.41 bits per heavy atom. The van der Waals surface area contributed by atoms with Crippen molar-refractivity contribution in [3.63, 3.8) is 0 Å². The van der Waals surface area contributed by atoms with Crippen LogP contribution in [0.1, 0.15) is 12.0 Å². The molecule has 2 heterocycles. The molecule has 0 radical (unpaired) electrons. The minimum absolute atomic E-state index is 0.244. The van der Waals surface area contributed by atoms with Crippen LogP contribution < -0.4 is 17.2 Å². The number of primary amides is 1. The molecule has 29 heavy (non-hydrogen) atoms. The van der Waals surface area contributed by atoms with Gasteiger partial charge in [-0.3, -0.25) is 9.59 Å². The Kier molecular flexibility index (Phi) is 6.15. The molecule has 0 saturated carbocycles. The Morgan fingerprint density at radius 2 is 1.90 bits per heavy atom. The molecule has 1 unspecified atom stereocenters. The number of alkyl halides is 3. The highest BCUT2D eigenvalue weighted by molar-refractivity contribution is 6.01. The third-order valence-electron chi connectivity index (χ3n) is 4.30. The molecule has 156 valence electrons. The topological polar surface area (TPSA) is 166 Å².